The Balaban J connectivity index is 1.59. The molecule has 33 heavy (non-hydrogen) atoms. The van der Waals surface area contributed by atoms with E-state index in [2.05, 4.69) is 0 Å². The second kappa shape index (κ2) is 9.70. The molecule has 0 spiro atoms. The van der Waals surface area contributed by atoms with Gasteiger partial charge in [-0.3, -0.25) is 19.3 Å². The monoisotopic (exact) mass is 461 g/mol. The lowest BCUT2D eigenvalue weighted by atomic mass is 10.0. The first-order valence-electron chi connectivity index (χ1n) is 10.2. The predicted octanol–water partition coefficient (Wildman–Crippen LogP) is 4.66. The molecule has 3 aromatic carbocycles. The van der Waals surface area contributed by atoms with Crippen molar-refractivity contribution < 1.29 is 28.7 Å². The number of nitrogens with zero attached hydrogens (tertiary/aromatic N) is 1. The maximum atomic E-state index is 12.9. The van der Waals surface area contributed by atoms with E-state index in [1.165, 1.54) is 6.08 Å². The predicted molar refractivity (Wildman–Crippen MR) is 125 cm³/mol. The largest absolute Gasteiger partial charge is 0.465 e. The van der Waals surface area contributed by atoms with E-state index in [0.717, 1.165) is 15.7 Å². The van der Waals surface area contributed by atoms with Crippen molar-refractivity contribution in [2.75, 3.05) is 13.2 Å². The number of hydrogen-bond donors (Lipinski definition) is 0. The van der Waals surface area contributed by atoms with E-state index in [0.29, 0.717) is 22.9 Å². The van der Waals surface area contributed by atoms with Gasteiger partial charge in [0.25, 0.3) is 11.1 Å². The zero-order valence-electron chi connectivity index (χ0n) is 17.6. The average Bonchev–Trinajstić information content (AvgIpc) is 3.07. The molecule has 8 heteroatoms. The Kier molecular flexibility index (Phi) is 6.55. The van der Waals surface area contributed by atoms with Crippen LogP contribution in [0.4, 0.5) is 4.79 Å². The third-order valence-electron chi connectivity index (χ3n) is 4.88. The molecule has 1 saturated heterocycles. The maximum absolute atomic E-state index is 12.9. The number of thioether (sulfide) groups is 1. The minimum atomic E-state index is -0.662. The summed E-state index contributed by atoms with van der Waals surface area (Å²) in [5, 5.41) is 1.11. The van der Waals surface area contributed by atoms with Crippen LogP contribution in [0, 0.1) is 0 Å². The van der Waals surface area contributed by atoms with Gasteiger partial charge >= 0.3 is 11.9 Å². The fourth-order valence-corrected chi connectivity index (χ4v) is 4.19. The Labute approximate surface area is 194 Å². The molecule has 1 aliphatic heterocycles. The molecule has 0 unspecified atom stereocenters. The third-order valence-corrected chi connectivity index (χ3v) is 5.79. The molecule has 1 heterocycles. The van der Waals surface area contributed by atoms with Crippen molar-refractivity contribution in [3.63, 3.8) is 0 Å². The van der Waals surface area contributed by atoms with E-state index in [9.17, 15) is 19.2 Å². The zero-order chi connectivity index (χ0) is 23.4. The molecule has 0 bridgehead atoms. The molecule has 0 radical (unpaired) electrons. The minimum Gasteiger partial charge on any atom is -0.465 e. The number of para-hydroxylation sites is 1. The number of benzene rings is 3. The van der Waals surface area contributed by atoms with E-state index in [-0.39, 0.29) is 17.3 Å². The smallest absolute Gasteiger partial charge is 0.344 e. The summed E-state index contributed by atoms with van der Waals surface area (Å²) in [7, 11) is 0. The van der Waals surface area contributed by atoms with E-state index in [1.807, 2.05) is 30.3 Å². The number of fused-ring (bicyclic) bond motifs is 1. The number of amides is 2. The molecule has 7 nitrogen and oxygen atoms in total. The van der Waals surface area contributed by atoms with E-state index in [1.54, 1.807) is 43.3 Å². The van der Waals surface area contributed by atoms with Crippen LogP contribution in [-0.4, -0.2) is 41.1 Å². The van der Waals surface area contributed by atoms with Crippen LogP contribution in [0.5, 0.6) is 5.75 Å². The summed E-state index contributed by atoms with van der Waals surface area (Å²) in [6.45, 7) is 1.34. The molecule has 0 aromatic heterocycles. The lowest BCUT2D eigenvalue weighted by Crippen LogP contribution is -2.34. The van der Waals surface area contributed by atoms with Gasteiger partial charge in [-0.15, -0.1) is 0 Å². The fourth-order valence-electron chi connectivity index (χ4n) is 3.36. The Bertz CT molecular complexity index is 1290. The van der Waals surface area contributed by atoms with Crippen LogP contribution in [0.2, 0.25) is 0 Å². The van der Waals surface area contributed by atoms with Crippen molar-refractivity contribution in [2.45, 2.75) is 6.92 Å². The summed E-state index contributed by atoms with van der Waals surface area (Å²) >= 11 is 0.713. The second-order valence-corrected chi connectivity index (χ2v) is 8.02. The highest BCUT2D eigenvalue weighted by Gasteiger charge is 2.36. The van der Waals surface area contributed by atoms with Crippen LogP contribution < -0.4 is 4.74 Å². The molecule has 3 aromatic rings. The van der Waals surface area contributed by atoms with E-state index >= 15 is 0 Å². The molecule has 0 atom stereocenters. The van der Waals surface area contributed by atoms with Crippen molar-refractivity contribution in [3.8, 4) is 5.75 Å². The van der Waals surface area contributed by atoms with Gasteiger partial charge in [-0.2, -0.15) is 0 Å². The Morgan fingerprint density at radius 2 is 1.70 bits per heavy atom. The van der Waals surface area contributed by atoms with Crippen LogP contribution in [-0.2, 0) is 14.3 Å². The summed E-state index contributed by atoms with van der Waals surface area (Å²) in [6.07, 6.45) is 1.47. The summed E-state index contributed by atoms with van der Waals surface area (Å²) in [4.78, 5) is 50.5. The zero-order valence-corrected chi connectivity index (χ0v) is 18.5. The Morgan fingerprint density at radius 3 is 2.52 bits per heavy atom. The van der Waals surface area contributed by atoms with E-state index in [4.69, 9.17) is 9.47 Å². The van der Waals surface area contributed by atoms with Crippen LogP contribution >= 0.6 is 11.8 Å². The quantitative estimate of drug-likeness (QED) is 0.300. The molecular weight excluding hydrogens is 442 g/mol. The van der Waals surface area contributed by atoms with Crippen molar-refractivity contribution in [1.29, 1.82) is 0 Å². The van der Waals surface area contributed by atoms with Crippen LogP contribution in [0.1, 0.15) is 22.8 Å². The first-order chi connectivity index (χ1) is 16.0. The number of ether oxygens (including phenoxy) is 2. The van der Waals surface area contributed by atoms with Crippen molar-refractivity contribution in [2.24, 2.45) is 0 Å². The summed E-state index contributed by atoms with van der Waals surface area (Å²) in [5.74, 6) is -1.56. The number of hydrogen-bond acceptors (Lipinski definition) is 7. The Hall–Kier alpha value is -3.91. The number of carbonyl (C=O) groups excluding carboxylic acids is 4. The topological polar surface area (TPSA) is 90.0 Å². The second-order valence-electron chi connectivity index (χ2n) is 7.03. The highest BCUT2D eigenvalue weighted by molar-refractivity contribution is 8.18. The van der Waals surface area contributed by atoms with Crippen molar-refractivity contribution in [1.82, 2.24) is 4.90 Å². The fraction of sp³-hybridized carbons (Fsp3) is 0.120. The molecule has 4 rings (SSSR count). The van der Waals surface area contributed by atoms with Gasteiger partial charge in [0.2, 0.25) is 0 Å². The lowest BCUT2D eigenvalue weighted by Gasteiger charge is -2.11. The maximum Gasteiger partial charge on any atom is 0.344 e. The summed E-state index contributed by atoms with van der Waals surface area (Å²) in [5.41, 5.74) is 0.866. The SMILES string of the molecule is CCOC(=O)CN1C(=O)S/C(=C\c2ccccc2OC(=O)c2cccc3ccccc23)C1=O. The lowest BCUT2D eigenvalue weighted by molar-refractivity contribution is -0.145. The van der Waals surface area contributed by atoms with Gasteiger partial charge in [-0.05, 0) is 47.7 Å². The molecule has 1 aliphatic rings. The summed E-state index contributed by atoms with van der Waals surface area (Å²) < 4.78 is 10.5. The standard InChI is InChI=1S/C25H19NO6S/c1-2-31-22(27)15-26-23(28)21(33-25(26)30)14-17-9-4-6-13-20(17)32-24(29)19-12-7-10-16-8-3-5-11-18(16)19/h3-14H,2,15H2,1H3/b21-14-. The Morgan fingerprint density at radius 1 is 0.970 bits per heavy atom. The molecule has 1 fully saturated rings. The van der Waals surface area contributed by atoms with Gasteiger partial charge in [-0.25, -0.2) is 4.79 Å². The molecule has 0 N–H and O–H groups in total. The average molecular weight is 461 g/mol. The van der Waals surface area contributed by atoms with Gasteiger partial charge in [0, 0.05) is 5.56 Å². The van der Waals surface area contributed by atoms with Crippen LogP contribution in [0.15, 0.2) is 71.6 Å². The number of imide groups is 1. The molecule has 0 aliphatic carbocycles. The number of rotatable bonds is 6. The molecule has 166 valence electrons. The number of carbonyl (C=O) groups is 4. The molecule has 0 saturated carbocycles. The van der Waals surface area contributed by atoms with Crippen molar-refractivity contribution >= 4 is 51.7 Å². The van der Waals surface area contributed by atoms with Gasteiger partial charge < -0.3 is 9.47 Å². The van der Waals surface area contributed by atoms with Gasteiger partial charge in [0.1, 0.15) is 12.3 Å². The van der Waals surface area contributed by atoms with Crippen LogP contribution in [0.3, 0.4) is 0 Å². The number of esters is 2. The highest BCUT2D eigenvalue weighted by Crippen LogP contribution is 2.34. The van der Waals surface area contributed by atoms with Gasteiger partial charge in [0.15, 0.2) is 0 Å². The van der Waals surface area contributed by atoms with Crippen molar-refractivity contribution in [3.05, 3.63) is 82.8 Å². The van der Waals surface area contributed by atoms with Gasteiger partial charge in [-0.1, -0.05) is 54.6 Å². The normalized spacial score (nSPS) is 14.7. The first kappa shape index (κ1) is 22.3. The third kappa shape index (κ3) is 4.80. The van der Waals surface area contributed by atoms with Crippen LogP contribution in [0.25, 0.3) is 16.8 Å². The first-order valence-corrected chi connectivity index (χ1v) is 11.0. The van der Waals surface area contributed by atoms with E-state index < -0.39 is 29.6 Å². The molecular formula is C25H19NO6S. The molecule has 2 amide bonds. The summed E-state index contributed by atoms with van der Waals surface area (Å²) in [6, 6.07) is 19.6. The van der Waals surface area contributed by atoms with Gasteiger partial charge in [0.05, 0.1) is 17.1 Å². The highest BCUT2D eigenvalue weighted by atomic mass is 32.2. The minimum absolute atomic E-state index is 0.123.